The van der Waals surface area contributed by atoms with Crippen LogP contribution in [-0.2, 0) is 4.79 Å². The van der Waals surface area contributed by atoms with Crippen LogP contribution in [0.4, 0.5) is 0 Å². The molecule has 0 aliphatic carbocycles. The zero-order chi connectivity index (χ0) is 13.5. The van der Waals surface area contributed by atoms with Crippen LogP contribution in [0.1, 0.15) is 59.3 Å². The Balaban J connectivity index is 2.30. The summed E-state index contributed by atoms with van der Waals surface area (Å²) in [5, 5.41) is 9.20. The lowest BCUT2D eigenvalue weighted by Crippen LogP contribution is -2.31. The van der Waals surface area contributed by atoms with Crippen molar-refractivity contribution in [3.8, 4) is 0 Å². The number of carbonyl (C=O) groups excluding carboxylic acids is 1. The van der Waals surface area contributed by atoms with E-state index in [1.807, 2.05) is 11.8 Å². The van der Waals surface area contributed by atoms with Crippen molar-refractivity contribution in [2.45, 2.75) is 65.4 Å². The zero-order valence-electron chi connectivity index (χ0n) is 12.2. The molecular formula is C15H29NO2. The van der Waals surface area contributed by atoms with Gasteiger partial charge in [0.2, 0.25) is 5.91 Å². The summed E-state index contributed by atoms with van der Waals surface area (Å²) in [5.41, 5.74) is 0. The standard InChI is InChI=1S/C15H29NO2/c1-12(2)14-7-8-15(18)16(11-9-14)10-5-4-6-13(3)17/h12-14,17H,4-11H2,1-3H3. The summed E-state index contributed by atoms with van der Waals surface area (Å²) in [6.07, 6.45) is 5.59. The molecule has 0 saturated carbocycles. The van der Waals surface area contributed by atoms with Crippen LogP contribution < -0.4 is 0 Å². The average Bonchev–Trinajstić information content (AvgIpc) is 2.47. The van der Waals surface area contributed by atoms with Crippen LogP contribution in [0.5, 0.6) is 0 Å². The molecule has 2 atom stereocenters. The molecule has 1 N–H and O–H groups in total. The molecule has 0 bridgehead atoms. The summed E-state index contributed by atoms with van der Waals surface area (Å²) in [6, 6.07) is 0. The fraction of sp³-hybridized carbons (Fsp3) is 0.933. The van der Waals surface area contributed by atoms with Crippen molar-refractivity contribution in [3.05, 3.63) is 0 Å². The first-order valence-corrected chi connectivity index (χ1v) is 7.46. The first-order valence-electron chi connectivity index (χ1n) is 7.46. The molecule has 1 fully saturated rings. The Labute approximate surface area is 112 Å². The van der Waals surface area contributed by atoms with E-state index >= 15 is 0 Å². The molecular weight excluding hydrogens is 226 g/mol. The van der Waals surface area contributed by atoms with E-state index in [9.17, 15) is 9.90 Å². The third kappa shape index (κ3) is 5.38. The highest BCUT2D eigenvalue weighted by Crippen LogP contribution is 2.25. The molecule has 0 aromatic rings. The summed E-state index contributed by atoms with van der Waals surface area (Å²) < 4.78 is 0. The molecule has 1 rings (SSSR count). The van der Waals surface area contributed by atoms with E-state index in [0.717, 1.165) is 51.6 Å². The molecule has 0 spiro atoms. The van der Waals surface area contributed by atoms with Gasteiger partial charge in [0.05, 0.1) is 6.10 Å². The predicted molar refractivity (Wildman–Crippen MR) is 74.3 cm³/mol. The van der Waals surface area contributed by atoms with Crippen LogP contribution in [0, 0.1) is 11.8 Å². The number of amides is 1. The van der Waals surface area contributed by atoms with E-state index in [2.05, 4.69) is 13.8 Å². The molecule has 2 unspecified atom stereocenters. The van der Waals surface area contributed by atoms with Crippen LogP contribution in [-0.4, -0.2) is 35.1 Å². The highest BCUT2D eigenvalue weighted by atomic mass is 16.3. The lowest BCUT2D eigenvalue weighted by Gasteiger charge is -2.21. The smallest absolute Gasteiger partial charge is 0.222 e. The summed E-state index contributed by atoms with van der Waals surface area (Å²) in [4.78, 5) is 14.0. The Morgan fingerprint density at radius 2 is 2.00 bits per heavy atom. The number of carbonyl (C=O) groups is 1. The minimum absolute atomic E-state index is 0.213. The second kappa shape index (κ2) is 7.78. The number of unbranched alkanes of at least 4 members (excludes halogenated alkanes) is 1. The molecule has 3 heteroatoms. The third-order valence-corrected chi connectivity index (χ3v) is 4.09. The van der Waals surface area contributed by atoms with Crippen LogP contribution in [0.3, 0.4) is 0 Å². The van der Waals surface area contributed by atoms with Gasteiger partial charge in [0.15, 0.2) is 0 Å². The molecule has 1 amide bonds. The van der Waals surface area contributed by atoms with Gasteiger partial charge in [-0.3, -0.25) is 4.79 Å². The average molecular weight is 255 g/mol. The third-order valence-electron chi connectivity index (χ3n) is 4.09. The van der Waals surface area contributed by atoms with Gasteiger partial charge >= 0.3 is 0 Å². The fourth-order valence-corrected chi connectivity index (χ4v) is 2.70. The van der Waals surface area contributed by atoms with Gasteiger partial charge in [-0.2, -0.15) is 0 Å². The Morgan fingerprint density at radius 3 is 2.61 bits per heavy atom. The van der Waals surface area contributed by atoms with Crippen molar-refractivity contribution in [1.29, 1.82) is 0 Å². The number of rotatable bonds is 6. The predicted octanol–water partition coefficient (Wildman–Crippen LogP) is 2.82. The summed E-state index contributed by atoms with van der Waals surface area (Å²) in [6.45, 7) is 8.14. The quantitative estimate of drug-likeness (QED) is 0.741. The minimum Gasteiger partial charge on any atom is -0.393 e. The lowest BCUT2D eigenvalue weighted by atomic mass is 9.89. The molecule has 1 aliphatic heterocycles. The Kier molecular flexibility index (Phi) is 6.69. The van der Waals surface area contributed by atoms with Gasteiger partial charge in [-0.05, 0) is 50.9 Å². The Hall–Kier alpha value is -0.570. The molecule has 18 heavy (non-hydrogen) atoms. The second-order valence-electron chi connectivity index (χ2n) is 6.06. The molecule has 1 heterocycles. The number of hydrogen-bond acceptors (Lipinski definition) is 2. The van der Waals surface area contributed by atoms with Crippen molar-refractivity contribution in [3.63, 3.8) is 0 Å². The molecule has 3 nitrogen and oxygen atoms in total. The van der Waals surface area contributed by atoms with E-state index < -0.39 is 0 Å². The Bertz CT molecular complexity index is 251. The van der Waals surface area contributed by atoms with Crippen molar-refractivity contribution in [2.75, 3.05) is 13.1 Å². The fourth-order valence-electron chi connectivity index (χ4n) is 2.70. The molecule has 106 valence electrons. The van der Waals surface area contributed by atoms with Crippen LogP contribution in [0.25, 0.3) is 0 Å². The maximum absolute atomic E-state index is 12.0. The van der Waals surface area contributed by atoms with E-state index in [1.165, 1.54) is 0 Å². The molecule has 0 radical (unpaired) electrons. The van der Waals surface area contributed by atoms with Crippen molar-refractivity contribution in [2.24, 2.45) is 11.8 Å². The molecule has 1 aliphatic rings. The largest absolute Gasteiger partial charge is 0.393 e. The van der Waals surface area contributed by atoms with Crippen LogP contribution in [0.15, 0.2) is 0 Å². The monoisotopic (exact) mass is 255 g/mol. The van der Waals surface area contributed by atoms with E-state index in [1.54, 1.807) is 0 Å². The van der Waals surface area contributed by atoms with Crippen LogP contribution >= 0.6 is 0 Å². The number of likely N-dealkylation sites (tertiary alicyclic amines) is 1. The minimum atomic E-state index is -0.213. The second-order valence-corrected chi connectivity index (χ2v) is 6.06. The van der Waals surface area contributed by atoms with Gasteiger partial charge in [-0.25, -0.2) is 0 Å². The number of aliphatic hydroxyl groups excluding tert-OH is 1. The van der Waals surface area contributed by atoms with Gasteiger partial charge in [0, 0.05) is 19.5 Å². The van der Waals surface area contributed by atoms with Gasteiger partial charge in [0.25, 0.3) is 0 Å². The van der Waals surface area contributed by atoms with Crippen molar-refractivity contribution in [1.82, 2.24) is 4.90 Å². The maximum atomic E-state index is 12.0. The first-order chi connectivity index (χ1) is 8.50. The van der Waals surface area contributed by atoms with Crippen molar-refractivity contribution < 1.29 is 9.90 Å². The topological polar surface area (TPSA) is 40.5 Å². The maximum Gasteiger partial charge on any atom is 0.222 e. The molecule has 0 aromatic heterocycles. The lowest BCUT2D eigenvalue weighted by molar-refractivity contribution is -0.130. The Morgan fingerprint density at radius 1 is 1.28 bits per heavy atom. The van der Waals surface area contributed by atoms with E-state index in [-0.39, 0.29) is 6.10 Å². The van der Waals surface area contributed by atoms with Gasteiger partial charge < -0.3 is 10.0 Å². The zero-order valence-corrected chi connectivity index (χ0v) is 12.2. The summed E-state index contributed by atoms with van der Waals surface area (Å²) in [5.74, 6) is 1.72. The van der Waals surface area contributed by atoms with Gasteiger partial charge in [-0.1, -0.05) is 13.8 Å². The number of nitrogens with zero attached hydrogens (tertiary/aromatic N) is 1. The van der Waals surface area contributed by atoms with E-state index in [0.29, 0.717) is 17.7 Å². The SMILES string of the molecule is CC(O)CCCCN1CCC(C(C)C)CCC1=O. The normalized spacial score (nSPS) is 23.3. The molecule has 1 saturated heterocycles. The number of hydrogen-bond donors (Lipinski definition) is 1. The molecule has 0 aromatic carbocycles. The summed E-state index contributed by atoms with van der Waals surface area (Å²) >= 11 is 0. The van der Waals surface area contributed by atoms with E-state index in [4.69, 9.17) is 0 Å². The van der Waals surface area contributed by atoms with Crippen LogP contribution in [0.2, 0.25) is 0 Å². The number of aliphatic hydroxyl groups is 1. The van der Waals surface area contributed by atoms with Gasteiger partial charge in [0.1, 0.15) is 0 Å². The highest BCUT2D eigenvalue weighted by molar-refractivity contribution is 5.76. The summed E-state index contributed by atoms with van der Waals surface area (Å²) in [7, 11) is 0. The van der Waals surface area contributed by atoms with Gasteiger partial charge in [-0.15, -0.1) is 0 Å². The first kappa shape index (κ1) is 15.5. The van der Waals surface area contributed by atoms with Crippen molar-refractivity contribution >= 4 is 5.91 Å². The highest BCUT2D eigenvalue weighted by Gasteiger charge is 2.23.